The summed E-state index contributed by atoms with van der Waals surface area (Å²) in [6, 6.07) is 8.33. The molecule has 0 saturated carbocycles. The van der Waals surface area contributed by atoms with Gasteiger partial charge in [-0.2, -0.15) is 0 Å². The predicted molar refractivity (Wildman–Crippen MR) is 103 cm³/mol. The van der Waals surface area contributed by atoms with E-state index in [2.05, 4.69) is 0 Å². The van der Waals surface area contributed by atoms with Crippen LogP contribution in [-0.4, -0.2) is 55.1 Å². The maximum absolute atomic E-state index is 13.2. The molecule has 3 aliphatic rings. The fourth-order valence-corrected chi connectivity index (χ4v) is 6.06. The number of carbonyl (C=O) groups excluding carboxylic acids is 3. The third-order valence-electron chi connectivity index (χ3n) is 5.77. The average molecular weight is 402 g/mol. The molecule has 2 aliphatic heterocycles. The number of fused-ring (bicyclic) bond motifs is 1. The number of para-hydroxylation sites is 1. The molecule has 4 rings (SSSR count). The summed E-state index contributed by atoms with van der Waals surface area (Å²) in [4.78, 5) is 41.0. The molecule has 7 nitrogen and oxygen atoms in total. The zero-order valence-corrected chi connectivity index (χ0v) is 16.2. The van der Waals surface area contributed by atoms with Crippen molar-refractivity contribution in [3.63, 3.8) is 0 Å². The Morgan fingerprint density at radius 1 is 1.04 bits per heavy atom. The molecule has 1 aliphatic carbocycles. The number of nitrogens with zero attached hydrogens (tertiary/aromatic N) is 2. The van der Waals surface area contributed by atoms with Crippen LogP contribution in [0.4, 0.5) is 5.69 Å². The lowest BCUT2D eigenvalue weighted by Gasteiger charge is -2.30. The maximum atomic E-state index is 13.2. The molecular weight excluding hydrogens is 380 g/mol. The van der Waals surface area contributed by atoms with E-state index in [0.717, 1.165) is 4.90 Å². The normalized spacial score (nSPS) is 28.4. The van der Waals surface area contributed by atoms with Crippen molar-refractivity contribution < 1.29 is 22.8 Å². The first-order valence-electron chi connectivity index (χ1n) is 9.45. The molecule has 0 N–H and O–H groups in total. The molecule has 2 fully saturated rings. The van der Waals surface area contributed by atoms with Crippen molar-refractivity contribution >= 4 is 33.2 Å². The maximum Gasteiger partial charge on any atom is 0.247 e. The zero-order chi connectivity index (χ0) is 19.9. The lowest BCUT2D eigenvalue weighted by molar-refractivity contribution is -0.143. The molecule has 0 radical (unpaired) electrons. The van der Waals surface area contributed by atoms with Gasteiger partial charge in [0, 0.05) is 5.69 Å². The fourth-order valence-electron chi connectivity index (χ4n) is 4.36. The Kier molecular flexibility index (Phi) is 4.82. The first-order valence-corrected chi connectivity index (χ1v) is 11.3. The van der Waals surface area contributed by atoms with Crippen LogP contribution in [0.15, 0.2) is 42.5 Å². The summed E-state index contributed by atoms with van der Waals surface area (Å²) in [6.07, 6.45) is 5.18. The molecule has 0 unspecified atom stereocenters. The molecule has 8 heteroatoms. The quantitative estimate of drug-likeness (QED) is 0.557. The molecule has 3 atom stereocenters. The molecular formula is C20H22N2O5S. The summed E-state index contributed by atoms with van der Waals surface area (Å²) in [5.41, 5.74) is 0.577. The van der Waals surface area contributed by atoms with Gasteiger partial charge >= 0.3 is 0 Å². The first kappa shape index (κ1) is 18.9. The minimum absolute atomic E-state index is 0.0334. The number of allylic oxidation sites excluding steroid dienone is 2. The van der Waals surface area contributed by atoms with Crippen molar-refractivity contribution in [3.05, 3.63) is 42.5 Å². The highest BCUT2D eigenvalue weighted by Crippen LogP contribution is 2.35. The number of rotatable bonds is 4. The summed E-state index contributed by atoms with van der Waals surface area (Å²) < 4.78 is 23.9. The first-order chi connectivity index (χ1) is 13.4. The van der Waals surface area contributed by atoms with Crippen molar-refractivity contribution in [1.82, 2.24) is 4.90 Å². The van der Waals surface area contributed by atoms with Crippen LogP contribution in [0.1, 0.15) is 19.3 Å². The summed E-state index contributed by atoms with van der Waals surface area (Å²) in [5, 5.41) is 0. The van der Waals surface area contributed by atoms with E-state index in [0.29, 0.717) is 24.9 Å². The number of carbonyl (C=O) groups is 3. The van der Waals surface area contributed by atoms with Gasteiger partial charge in [0.1, 0.15) is 6.54 Å². The minimum Gasteiger partial charge on any atom is -0.307 e. The number of imide groups is 1. The predicted octanol–water partition coefficient (Wildman–Crippen LogP) is 1.16. The highest BCUT2D eigenvalue weighted by atomic mass is 32.2. The topological polar surface area (TPSA) is 91.8 Å². The van der Waals surface area contributed by atoms with Crippen LogP contribution in [0.2, 0.25) is 0 Å². The van der Waals surface area contributed by atoms with E-state index in [1.54, 1.807) is 24.3 Å². The molecule has 1 aromatic carbocycles. The average Bonchev–Trinajstić information content (AvgIpc) is 3.15. The highest BCUT2D eigenvalue weighted by molar-refractivity contribution is 7.91. The molecule has 3 amide bonds. The van der Waals surface area contributed by atoms with Crippen molar-refractivity contribution in [2.45, 2.75) is 25.3 Å². The van der Waals surface area contributed by atoms with Crippen LogP contribution < -0.4 is 4.90 Å². The number of hydrogen-bond acceptors (Lipinski definition) is 5. The number of sulfone groups is 1. The van der Waals surface area contributed by atoms with Gasteiger partial charge in [0.05, 0.1) is 29.4 Å². The monoisotopic (exact) mass is 402 g/mol. The van der Waals surface area contributed by atoms with Crippen LogP contribution in [-0.2, 0) is 24.2 Å². The van der Waals surface area contributed by atoms with Gasteiger partial charge < -0.3 is 4.90 Å². The Bertz CT molecular complexity index is 915. The molecule has 0 bridgehead atoms. The van der Waals surface area contributed by atoms with E-state index in [4.69, 9.17) is 0 Å². The van der Waals surface area contributed by atoms with Gasteiger partial charge in [-0.3, -0.25) is 19.3 Å². The Morgan fingerprint density at radius 3 is 2.18 bits per heavy atom. The van der Waals surface area contributed by atoms with Crippen molar-refractivity contribution in [3.8, 4) is 0 Å². The number of anilines is 1. The second kappa shape index (κ2) is 7.16. The van der Waals surface area contributed by atoms with Gasteiger partial charge in [0.25, 0.3) is 0 Å². The Balaban J connectivity index is 1.58. The molecule has 148 valence electrons. The van der Waals surface area contributed by atoms with Crippen LogP contribution in [0.3, 0.4) is 0 Å². The Labute approximate surface area is 163 Å². The number of amides is 3. The number of likely N-dealkylation sites (tertiary alicyclic amines) is 1. The molecule has 0 spiro atoms. The smallest absolute Gasteiger partial charge is 0.247 e. The summed E-state index contributed by atoms with van der Waals surface area (Å²) in [6.45, 7) is -0.351. The Hall–Kier alpha value is -2.48. The second-order valence-corrected chi connectivity index (χ2v) is 9.80. The van der Waals surface area contributed by atoms with Gasteiger partial charge in [-0.05, 0) is 31.4 Å². The standard InChI is InChI=1S/C20H22N2O5S/c23-18(12-21-19(24)16-8-4-5-9-17(16)20(21)25)22(14-6-2-1-3-7-14)15-10-11-28(26,27)13-15/h1-7,15-17H,8-13H2/t15-,16-,17+/m1/s1. The van der Waals surface area contributed by atoms with Crippen molar-refractivity contribution in [2.24, 2.45) is 11.8 Å². The van der Waals surface area contributed by atoms with E-state index < -0.39 is 21.8 Å². The summed E-state index contributed by atoms with van der Waals surface area (Å²) >= 11 is 0. The van der Waals surface area contributed by atoms with Gasteiger partial charge in [0.2, 0.25) is 17.7 Å². The Morgan fingerprint density at radius 2 is 1.64 bits per heavy atom. The lowest BCUT2D eigenvalue weighted by Crippen LogP contribution is -2.48. The highest BCUT2D eigenvalue weighted by Gasteiger charge is 2.48. The summed E-state index contributed by atoms with van der Waals surface area (Å²) in [5.74, 6) is -1.89. The molecule has 2 heterocycles. The molecule has 28 heavy (non-hydrogen) atoms. The van der Waals surface area contributed by atoms with E-state index in [1.165, 1.54) is 4.90 Å². The summed E-state index contributed by atoms with van der Waals surface area (Å²) in [7, 11) is -3.20. The fraction of sp³-hybridized carbons (Fsp3) is 0.450. The largest absolute Gasteiger partial charge is 0.307 e. The van der Waals surface area contributed by atoms with Crippen molar-refractivity contribution in [1.29, 1.82) is 0 Å². The third-order valence-corrected chi connectivity index (χ3v) is 7.52. The third kappa shape index (κ3) is 3.37. The van der Waals surface area contributed by atoms with E-state index in [-0.39, 0.29) is 41.7 Å². The second-order valence-electron chi connectivity index (χ2n) is 7.57. The van der Waals surface area contributed by atoms with E-state index >= 15 is 0 Å². The minimum atomic E-state index is -3.20. The van der Waals surface area contributed by atoms with E-state index in [9.17, 15) is 22.8 Å². The van der Waals surface area contributed by atoms with Crippen LogP contribution >= 0.6 is 0 Å². The SMILES string of the molecule is O=C1[C@H]2CC=CC[C@H]2C(=O)N1CC(=O)N(c1ccccc1)[C@@H]1CCS(=O)(=O)C1. The van der Waals surface area contributed by atoms with Crippen LogP contribution in [0.5, 0.6) is 0 Å². The van der Waals surface area contributed by atoms with Gasteiger partial charge in [-0.15, -0.1) is 0 Å². The van der Waals surface area contributed by atoms with Crippen molar-refractivity contribution in [2.75, 3.05) is 23.0 Å². The molecule has 1 aromatic rings. The lowest BCUT2D eigenvalue weighted by atomic mass is 9.85. The van der Waals surface area contributed by atoms with Gasteiger partial charge in [0.15, 0.2) is 9.84 Å². The number of hydrogen-bond donors (Lipinski definition) is 0. The molecule has 2 saturated heterocycles. The molecule has 0 aromatic heterocycles. The zero-order valence-electron chi connectivity index (χ0n) is 15.4. The van der Waals surface area contributed by atoms with Crippen LogP contribution in [0, 0.1) is 11.8 Å². The van der Waals surface area contributed by atoms with Gasteiger partial charge in [-0.25, -0.2) is 8.42 Å². The van der Waals surface area contributed by atoms with Gasteiger partial charge in [-0.1, -0.05) is 30.4 Å². The van der Waals surface area contributed by atoms with E-state index in [1.807, 2.05) is 18.2 Å². The van der Waals surface area contributed by atoms with Crippen LogP contribution in [0.25, 0.3) is 0 Å². The number of benzene rings is 1.